The molecule has 68 valence electrons. The number of aromatic nitrogens is 2. The van der Waals surface area contributed by atoms with Crippen molar-refractivity contribution < 1.29 is 0 Å². The summed E-state index contributed by atoms with van der Waals surface area (Å²) in [5.74, 6) is 0. The number of H-pyrrole nitrogens is 1. The van der Waals surface area contributed by atoms with Crippen molar-refractivity contribution in [3.8, 4) is 0 Å². The van der Waals surface area contributed by atoms with E-state index in [4.69, 9.17) is 0 Å². The topological polar surface area (TPSA) is 45.8 Å². The Labute approximate surface area is 81.6 Å². The Bertz CT molecular complexity index is 498. The third-order valence-electron chi connectivity index (χ3n) is 2.15. The third-order valence-corrected chi connectivity index (χ3v) is 4.36. The summed E-state index contributed by atoms with van der Waals surface area (Å²) < 4.78 is 2.33. The van der Waals surface area contributed by atoms with Crippen LogP contribution in [-0.2, 0) is 6.42 Å². The maximum atomic E-state index is 11.5. The molecule has 13 heavy (non-hydrogen) atoms. The Hall–Kier alpha value is -0.861. The van der Waals surface area contributed by atoms with Crippen LogP contribution in [0.3, 0.4) is 0 Å². The van der Waals surface area contributed by atoms with Crippen molar-refractivity contribution in [3.05, 3.63) is 26.7 Å². The predicted octanol–water partition coefficient (Wildman–Crippen LogP) is 0.851. The molecule has 0 saturated heterocycles. The summed E-state index contributed by atoms with van der Waals surface area (Å²) in [4.78, 5) is 18.3. The summed E-state index contributed by atoms with van der Waals surface area (Å²) in [6, 6.07) is 0. The fourth-order valence-electron chi connectivity index (χ4n) is 1.54. The first-order valence-corrected chi connectivity index (χ1v) is 5.91. The van der Waals surface area contributed by atoms with Gasteiger partial charge >= 0.3 is 81.2 Å². The number of hydrogen-bond acceptors (Lipinski definition) is 2. The molecule has 0 saturated carbocycles. The summed E-state index contributed by atoms with van der Waals surface area (Å²) >= 11 is 0.273. The molecule has 0 atom stereocenters. The molecule has 0 aliphatic heterocycles. The third kappa shape index (κ3) is 1.26. The van der Waals surface area contributed by atoms with Gasteiger partial charge in [-0.15, -0.1) is 0 Å². The molecular weight excluding hydrogens is 231 g/mol. The molecule has 2 aromatic rings. The van der Waals surface area contributed by atoms with E-state index in [1.807, 2.05) is 0 Å². The van der Waals surface area contributed by atoms with Gasteiger partial charge in [0.15, 0.2) is 0 Å². The number of nitrogens with one attached hydrogen (secondary N) is 1. The van der Waals surface area contributed by atoms with Gasteiger partial charge in [0.1, 0.15) is 0 Å². The molecule has 0 bridgehead atoms. The van der Waals surface area contributed by atoms with Crippen molar-refractivity contribution in [1.82, 2.24) is 9.97 Å². The Morgan fingerprint density at radius 1 is 1.62 bits per heavy atom. The van der Waals surface area contributed by atoms with E-state index < -0.39 is 0 Å². The molecule has 3 nitrogen and oxygen atoms in total. The number of hydrogen-bond donors (Lipinski definition) is 1. The Balaban J connectivity index is 2.97. The van der Waals surface area contributed by atoms with Crippen molar-refractivity contribution in [2.75, 3.05) is 0 Å². The average molecular weight is 241 g/mol. The zero-order valence-electron chi connectivity index (χ0n) is 7.55. The van der Waals surface area contributed by atoms with Gasteiger partial charge in [-0.05, 0) is 0 Å². The normalized spacial score (nSPS) is 10.9. The summed E-state index contributed by atoms with van der Waals surface area (Å²) in [5.41, 5.74) is 1.21. The van der Waals surface area contributed by atoms with E-state index in [0.29, 0.717) is 0 Å². The first kappa shape index (κ1) is 8.73. The van der Waals surface area contributed by atoms with E-state index in [1.54, 1.807) is 0 Å². The van der Waals surface area contributed by atoms with E-state index in [0.717, 1.165) is 16.2 Å². The van der Waals surface area contributed by atoms with E-state index >= 15 is 0 Å². The van der Waals surface area contributed by atoms with Crippen LogP contribution in [-0.4, -0.2) is 24.5 Å². The maximum absolute atomic E-state index is 11.5. The molecule has 1 N–H and O–H groups in total. The van der Waals surface area contributed by atoms with Crippen molar-refractivity contribution in [1.29, 1.82) is 0 Å². The Morgan fingerprint density at radius 3 is 3.08 bits per heavy atom. The first-order valence-electron chi connectivity index (χ1n) is 4.19. The van der Waals surface area contributed by atoms with Gasteiger partial charge in [-0.25, -0.2) is 0 Å². The Kier molecular flexibility index (Phi) is 2.10. The minimum absolute atomic E-state index is 0.0144. The van der Waals surface area contributed by atoms with Crippen LogP contribution < -0.4 is 5.56 Å². The summed E-state index contributed by atoms with van der Waals surface area (Å²) in [6.07, 6.45) is 2.42. The fourth-order valence-corrected chi connectivity index (χ4v) is 3.81. The van der Waals surface area contributed by atoms with Gasteiger partial charge in [-0.1, -0.05) is 0 Å². The van der Waals surface area contributed by atoms with Crippen LogP contribution >= 0.6 is 0 Å². The number of nitrogens with zero attached hydrogens (tertiary/aromatic N) is 1. The van der Waals surface area contributed by atoms with Gasteiger partial charge in [0, 0.05) is 0 Å². The summed E-state index contributed by atoms with van der Waals surface area (Å²) in [6.45, 7) is 4.18. The van der Waals surface area contributed by atoms with Crippen molar-refractivity contribution in [3.63, 3.8) is 0 Å². The number of aromatic amines is 1. The monoisotopic (exact) mass is 242 g/mol. The number of aryl methyl sites for hydroxylation is 2. The zero-order chi connectivity index (χ0) is 9.42. The van der Waals surface area contributed by atoms with Gasteiger partial charge in [0.05, 0.1) is 0 Å². The summed E-state index contributed by atoms with van der Waals surface area (Å²) in [7, 11) is 0. The Morgan fingerprint density at radius 2 is 2.38 bits per heavy atom. The minimum atomic E-state index is 0.0144. The second-order valence-corrected chi connectivity index (χ2v) is 5.43. The van der Waals surface area contributed by atoms with Crippen molar-refractivity contribution >= 4 is 24.3 Å². The molecule has 2 aromatic heterocycles. The molecule has 0 aliphatic carbocycles. The van der Waals surface area contributed by atoms with Gasteiger partial charge < -0.3 is 0 Å². The van der Waals surface area contributed by atoms with E-state index in [9.17, 15) is 4.79 Å². The molecular formula is C9H10N2OSe. The number of rotatable bonds is 1. The molecule has 0 unspecified atom stereocenters. The molecule has 0 spiro atoms. The van der Waals surface area contributed by atoms with Crippen LogP contribution in [0.25, 0.3) is 9.78 Å². The van der Waals surface area contributed by atoms with Gasteiger partial charge in [-0.3, -0.25) is 0 Å². The second-order valence-electron chi connectivity index (χ2n) is 2.90. The van der Waals surface area contributed by atoms with Crippen molar-refractivity contribution in [2.24, 2.45) is 0 Å². The molecule has 2 rings (SSSR count). The zero-order valence-corrected chi connectivity index (χ0v) is 9.26. The van der Waals surface area contributed by atoms with Crippen LogP contribution in [0, 0.1) is 6.92 Å². The predicted molar refractivity (Wildman–Crippen MR) is 53.4 cm³/mol. The second kappa shape index (κ2) is 3.13. The van der Waals surface area contributed by atoms with Gasteiger partial charge in [0.25, 0.3) is 0 Å². The van der Waals surface area contributed by atoms with Gasteiger partial charge in [-0.2, -0.15) is 0 Å². The van der Waals surface area contributed by atoms with E-state index in [2.05, 4.69) is 23.8 Å². The van der Waals surface area contributed by atoms with Crippen LogP contribution in [0.15, 0.2) is 11.1 Å². The molecule has 0 aliphatic rings. The molecule has 0 fully saturated rings. The van der Waals surface area contributed by atoms with Crippen LogP contribution in [0.1, 0.15) is 16.9 Å². The molecule has 0 amide bonds. The van der Waals surface area contributed by atoms with Crippen LogP contribution in [0.4, 0.5) is 0 Å². The van der Waals surface area contributed by atoms with E-state index in [-0.39, 0.29) is 20.1 Å². The number of fused-ring (bicyclic) bond motifs is 1. The van der Waals surface area contributed by atoms with Crippen molar-refractivity contribution in [2.45, 2.75) is 20.3 Å². The summed E-state index contributed by atoms with van der Waals surface area (Å²) in [5, 5.41) is 0.836. The van der Waals surface area contributed by atoms with Crippen LogP contribution in [0.5, 0.6) is 0 Å². The average Bonchev–Trinajstić information content (AvgIpc) is 2.42. The molecule has 2 heterocycles. The quantitative estimate of drug-likeness (QED) is 0.752. The molecule has 4 heteroatoms. The molecule has 0 radical (unpaired) electrons. The van der Waals surface area contributed by atoms with Crippen LogP contribution in [0.2, 0.25) is 0 Å². The van der Waals surface area contributed by atoms with E-state index in [1.165, 1.54) is 16.3 Å². The first-order chi connectivity index (χ1) is 6.24. The SMILES string of the molecule is CCc1c(C)[se]c2nc[nH]c(=O)c12. The van der Waals surface area contributed by atoms with Gasteiger partial charge in [0.2, 0.25) is 0 Å². The standard InChI is InChI=1S/C9H10N2OSe/c1-3-6-5(2)13-9-7(6)8(12)10-4-11-9/h4H,3H2,1-2H3,(H,10,11,12). The fraction of sp³-hybridized carbons (Fsp3) is 0.333. The molecule has 0 aromatic carbocycles.